The van der Waals surface area contributed by atoms with Gasteiger partial charge in [0.1, 0.15) is 0 Å². The summed E-state index contributed by atoms with van der Waals surface area (Å²) in [6, 6.07) is 8.22. The molecule has 0 bridgehead atoms. The molecule has 0 aromatic heterocycles. The SMILES string of the molecule is CSc1cccc(C2(N=C=O)CC2)c1. The molecule has 0 aliphatic heterocycles. The lowest BCUT2D eigenvalue weighted by Gasteiger charge is -2.08. The Bertz CT molecular complexity index is 392. The summed E-state index contributed by atoms with van der Waals surface area (Å²) in [5.74, 6) is 0. The fourth-order valence-corrected chi connectivity index (χ4v) is 2.04. The predicted octanol–water partition coefficient (Wildman–Crippen LogP) is 2.73. The van der Waals surface area contributed by atoms with Crippen LogP contribution in [0.2, 0.25) is 0 Å². The van der Waals surface area contributed by atoms with E-state index in [1.165, 1.54) is 4.90 Å². The average molecular weight is 205 g/mol. The van der Waals surface area contributed by atoms with Crippen LogP contribution < -0.4 is 0 Å². The van der Waals surface area contributed by atoms with Crippen LogP contribution in [0.3, 0.4) is 0 Å². The second-order valence-corrected chi connectivity index (χ2v) is 4.35. The van der Waals surface area contributed by atoms with Gasteiger partial charge in [-0.1, -0.05) is 12.1 Å². The minimum absolute atomic E-state index is 0.229. The summed E-state index contributed by atoms with van der Waals surface area (Å²) in [5.41, 5.74) is 0.917. The Balaban J connectivity index is 2.36. The van der Waals surface area contributed by atoms with Crippen LogP contribution in [0, 0.1) is 0 Å². The maximum atomic E-state index is 10.3. The second kappa shape index (κ2) is 3.60. The zero-order valence-corrected chi connectivity index (χ0v) is 8.80. The third-order valence-electron chi connectivity index (χ3n) is 2.59. The molecule has 0 unspecified atom stereocenters. The molecule has 2 rings (SSSR count). The molecule has 0 atom stereocenters. The van der Waals surface area contributed by atoms with E-state index in [-0.39, 0.29) is 5.54 Å². The van der Waals surface area contributed by atoms with E-state index >= 15 is 0 Å². The molecule has 3 heteroatoms. The molecule has 72 valence electrons. The summed E-state index contributed by atoms with van der Waals surface area (Å²) in [6.07, 6.45) is 5.66. The minimum atomic E-state index is -0.229. The van der Waals surface area contributed by atoms with Gasteiger partial charge in [-0.2, -0.15) is 4.99 Å². The Kier molecular flexibility index (Phi) is 2.44. The van der Waals surface area contributed by atoms with Crippen molar-refractivity contribution in [2.24, 2.45) is 4.99 Å². The van der Waals surface area contributed by atoms with Crippen molar-refractivity contribution < 1.29 is 4.79 Å². The van der Waals surface area contributed by atoms with Crippen molar-refractivity contribution in [2.75, 3.05) is 6.26 Å². The van der Waals surface area contributed by atoms with Crippen molar-refractivity contribution in [3.63, 3.8) is 0 Å². The largest absolute Gasteiger partial charge is 0.235 e. The number of hydrogen-bond acceptors (Lipinski definition) is 3. The molecular weight excluding hydrogens is 194 g/mol. The Morgan fingerprint density at radius 1 is 1.50 bits per heavy atom. The molecule has 0 N–H and O–H groups in total. The lowest BCUT2D eigenvalue weighted by atomic mass is 10.1. The Morgan fingerprint density at radius 2 is 2.29 bits per heavy atom. The van der Waals surface area contributed by atoms with E-state index in [9.17, 15) is 4.79 Å². The molecule has 1 fully saturated rings. The Labute approximate surface area is 87.4 Å². The third-order valence-corrected chi connectivity index (χ3v) is 3.32. The number of aliphatic imine (C=N–C) groups is 1. The molecule has 1 saturated carbocycles. The van der Waals surface area contributed by atoms with Crippen molar-refractivity contribution >= 4 is 17.8 Å². The molecular formula is C11H11NOS. The quantitative estimate of drug-likeness (QED) is 0.431. The first-order valence-corrected chi connectivity index (χ1v) is 5.77. The van der Waals surface area contributed by atoms with Gasteiger partial charge in [-0.05, 0) is 36.8 Å². The number of carbonyl (C=O) groups excluding carboxylic acids is 1. The van der Waals surface area contributed by atoms with Crippen molar-refractivity contribution in [2.45, 2.75) is 23.3 Å². The van der Waals surface area contributed by atoms with E-state index in [4.69, 9.17) is 0 Å². The molecule has 14 heavy (non-hydrogen) atoms. The lowest BCUT2D eigenvalue weighted by molar-refractivity contribution is 0.556. The van der Waals surface area contributed by atoms with Gasteiger partial charge in [0.2, 0.25) is 6.08 Å². The molecule has 0 amide bonds. The van der Waals surface area contributed by atoms with Gasteiger partial charge in [0.15, 0.2) is 0 Å². The number of rotatable bonds is 3. The maximum Gasteiger partial charge on any atom is 0.235 e. The van der Waals surface area contributed by atoms with Crippen LogP contribution in [-0.2, 0) is 10.3 Å². The van der Waals surface area contributed by atoms with Crippen molar-refractivity contribution in [3.8, 4) is 0 Å². The smallest absolute Gasteiger partial charge is 0.211 e. The highest BCUT2D eigenvalue weighted by Gasteiger charge is 2.44. The zero-order valence-electron chi connectivity index (χ0n) is 7.99. The summed E-state index contributed by atoms with van der Waals surface area (Å²) >= 11 is 1.70. The van der Waals surface area contributed by atoms with Gasteiger partial charge in [0, 0.05) is 4.90 Å². The summed E-state index contributed by atoms with van der Waals surface area (Å²) in [5, 5.41) is 0. The molecule has 0 heterocycles. The number of hydrogen-bond donors (Lipinski definition) is 0. The highest BCUT2D eigenvalue weighted by molar-refractivity contribution is 7.98. The number of thioether (sulfide) groups is 1. The number of nitrogens with zero attached hydrogens (tertiary/aromatic N) is 1. The van der Waals surface area contributed by atoms with E-state index in [0.29, 0.717) is 0 Å². The van der Waals surface area contributed by atoms with E-state index in [1.54, 1.807) is 17.8 Å². The molecule has 1 aliphatic rings. The molecule has 1 aromatic rings. The van der Waals surface area contributed by atoms with Crippen LogP contribution in [0.4, 0.5) is 0 Å². The normalized spacial score (nSPS) is 17.2. The molecule has 1 aliphatic carbocycles. The average Bonchev–Trinajstić information content (AvgIpc) is 3.00. The van der Waals surface area contributed by atoms with E-state index in [1.807, 2.05) is 18.4 Å². The first kappa shape index (κ1) is 9.50. The standard InChI is InChI=1S/C11H11NOS/c1-14-10-4-2-3-9(7-10)11(5-6-11)12-8-13/h2-4,7H,5-6H2,1H3. The first-order chi connectivity index (χ1) is 6.80. The van der Waals surface area contributed by atoms with Crippen molar-refractivity contribution in [1.29, 1.82) is 0 Å². The Morgan fingerprint density at radius 3 is 2.86 bits per heavy atom. The Hall–Kier alpha value is -1.05. The third kappa shape index (κ3) is 1.61. The van der Waals surface area contributed by atoms with Crippen LogP contribution in [-0.4, -0.2) is 12.3 Å². The molecule has 1 aromatic carbocycles. The van der Waals surface area contributed by atoms with Gasteiger partial charge in [-0.15, -0.1) is 11.8 Å². The molecule has 0 spiro atoms. The molecule has 0 saturated heterocycles. The summed E-state index contributed by atoms with van der Waals surface area (Å²) < 4.78 is 0. The van der Waals surface area contributed by atoms with E-state index in [2.05, 4.69) is 17.1 Å². The van der Waals surface area contributed by atoms with Crippen LogP contribution in [0.5, 0.6) is 0 Å². The van der Waals surface area contributed by atoms with Crippen LogP contribution in [0.25, 0.3) is 0 Å². The van der Waals surface area contributed by atoms with Gasteiger partial charge in [-0.25, -0.2) is 4.79 Å². The first-order valence-electron chi connectivity index (χ1n) is 4.54. The van der Waals surface area contributed by atoms with Gasteiger partial charge < -0.3 is 0 Å². The highest BCUT2D eigenvalue weighted by Crippen LogP contribution is 2.49. The van der Waals surface area contributed by atoms with Crippen LogP contribution in [0.1, 0.15) is 18.4 Å². The highest BCUT2D eigenvalue weighted by atomic mass is 32.2. The summed E-state index contributed by atoms with van der Waals surface area (Å²) in [6.45, 7) is 0. The minimum Gasteiger partial charge on any atom is -0.211 e. The maximum absolute atomic E-state index is 10.3. The second-order valence-electron chi connectivity index (χ2n) is 3.47. The van der Waals surface area contributed by atoms with Gasteiger partial charge in [-0.3, -0.25) is 0 Å². The lowest BCUT2D eigenvalue weighted by Crippen LogP contribution is -2.01. The number of isocyanates is 1. The van der Waals surface area contributed by atoms with Crippen molar-refractivity contribution in [1.82, 2.24) is 0 Å². The van der Waals surface area contributed by atoms with Crippen molar-refractivity contribution in [3.05, 3.63) is 29.8 Å². The van der Waals surface area contributed by atoms with Crippen LogP contribution >= 0.6 is 11.8 Å². The van der Waals surface area contributed by atoms with Gasteiger partial charge >= 0.3 is 0 Å². The monoisotopic (exact) mass is 205 g/mol. The van der Waals surface area contributed by atoms with E-state index in [0.717, 1.165) is 18.4 Å². The topological polar surface area (TPSA) is 29.4 Å². The van der Waals surface area contributed by atoms with Gasteiger partial charge in [0.25, 0.3) is 0 Å². The summed E-state index contributed by atoms with van der Waals surface area (Å²) in [4.78, 5) is 15.4. The molecule has 0 radical (unpaired) electrons. The van der Waals surface area contributed by atoms with Crippen LogP contribution in [0.15, 0.2) is 34.2 Å². The fourth-order valence-electron chi connectivity index (χ4n) is 1.58. The molecule has 2 nitrogen and oxygen atoms in total. The van der Waals surface area contributed by atoms with Gasteiger partial charge in [0.05, 0.1) is 5.54 Å². The fraction of sp³-hybridized carbons (Fsp3) is 0.364. The summed E-state index contributed by atoms with van der Waals surface area (Å²) in [7, 11) is 0. The van der Waals surface area contributed by atoms with E-state index < -0.39 is 0 Å². The predicted molar refractivity (Wildman–Crippen MR) is 57.3 cm³/mol. The zero-order chi connectivity index (χ0) is 10.0. The number of benzene rings is 1.